The maximum atomic E-state index is 13.9. The third kappa shape index (κ3) is 3.14. The van der Waals surface area contributed by atoms with Gasteiger partial charge in [0.15, 0.2) is 0 Å². The van der Waals surface area contributed by atoms with Crippen molar-refractivity contribution in [2.24, 2.45) is 0 Å². The Morgan fingerprint density at radius 2 is 1.91 bits per heavy atom. The van der Waals surface area contributed by atoms with Gasteiger partial charge in [-0.1, -0.05) is 11.6 Å². The molecule has 0 aliphatic heterocycles. The predicted octanol–water partition coefficient (Wildman–Crippen LogP) is 4.46. The van der Waals surface area contributed by atoms with Crippen LogP contribution in [0.15, 0.2) is 24.3 Å². The Morgan fingerprint density at radius 3 is 2.64 bits per heavy atom. The average molecular weight is 319 g/mol. The van der Waals surface area contributed by atoms with Crippen LogP contribution in [0.25, 0.3) is 0 Å². The molecule has 0 saturated heterocycles. The fraction of sp³-hybridized carbons (Fsp3) is 0.375. The average Bonchev–Trinajstić information content (AvgIpc) is 3.35. The number of aromatic nitrogens is 2. The van der Waals surface area contributed by atoms with Crippen molar-refractivity contribution in [2.75, 3.05) is 10.6 Å². The number of rotatable bonds is 5. The van der Waals surface area contributed by atoms with Crippen LogP contribution in [0.3, 0.4) is 0 Å². The first-order valence-electron chi connectivity index (χ1n) is 7.55. The Morgan fingerprint density at radius 1 is 1.09 bits per heavy atom. The van der Waals surface area contributed by atoms with Crippen LogP contribution in [0.5, 0.6) is 0 Å². The van der Waals surface area contributed by atoms with E-state index in [0.29, 0.717) is 34.4 Å². The van der Waals surface area contributed by atoms with E-state index in [2.05, 4.69) is 20.6 Å². The second-order valence-corrected chi connectivity index (χ2v) is 6.38. The van der Waals surface area contributed by atoms with Gasteiger partial charge in [0.1, 0.15) is 11.6 Å². The first-order chi connectivity index (χ1) is 10.7. The Balaban J connectivity index is 1.64. The van der Waals surface area contributed by atoms with Crippen LogP contribution in [0.4, 0.5) is 21.8 Å². The van der Waals surface area contributed by atoms with Gasteiger partial charge in [0.05, 0.1) is 11.4 Å². The standard InChI is InChI=1S/C16H16ClFN4/c17-10-3-6-12(18)14(7-10)20-15-8-13(9-1-2-9)21-16(22-15)19-11-4-5-11/h3,6-9,11H,1-2,4-5H2,(H2,19,20,21,22). The first-order valence-corrected chi connectivity index (χ1v) is 7.93. The molecule has 114 valence electrons. The largest absolute Gasteiger partial charge is 0.351 e. The van der Waals surface area contributed by atoms with Crippen LogP contribution in [-0.4, -0.2) is 16.0 Å². The van der Waals surface area contributed by atoms with E-state index in [1.807, 2.05) is 6.07 Å². The van der Waals surface area contributed by atoms with E-state index in [9.17, 15) is 4.39 Å². The Bertz CT molecular complexity index is 713. The lowest BCUT2D eigenvalue weighted by atomic mass is 10.2. The summed E-state index contributed by atoms with van der Waals surface area (Å²) >= 11 is 5.93. The normalized spacial score (nSPS) is 17.4. The zero-order chi connectivity index (χ0) is 15.1. The Kier molecular flexibility index (Phi) is 3.37. The molecule has 1 aromatic heterocycles. The zero-order valence-corrected chi connectivity index (χ0v) is 12.7. The van der Waals surface area contributed by atoms with Crippen molar-refractivity contribution in [3.63, 3.8) is 0 Å². The lowest BCUT2D eigenvalue weighted by Crippen LogP contribution is -2.08. The van der Waals surface area contributed by atoms with E-state index >= 15 is 0 Å². The van der Waals surface area contributed by atoms with Crippen molar-refractivity contribution in [3.05, 3.63) is 40.8 Å². The van der Waals surface area contributed by atoms with Gasteiger partial charge in [-0.05, 0) is 43.9 Å². The molecule has 2 aliphatic rings. The third-order valence-electron chi connectivity index (χ3n) is 3.84. The summed E-state index contributed by atoms with van der Waals surface area (Å²) in [7, 11) is 0. The van der Waals surface area contributed by atoms with Gasteiger partial charge in [0.2, 0.25) is 5.95 Å². The Hall–Kier alpha value is -1.88. The molecular weight excluding hydrogens is 303 g/mol. The molecule has 1 heterocycles. The van der Waals surface area contributed by atoms with Gasteiger partial charge in [-0.2, -0.15) is 4.98 Å². The molecule has 2 N–H and O–H groups in total. The van der Waals surface area contributed by atoms with Crippen LogP contribution in [0.2, 0.25) is 5.02 Å². The minimum Gasteiger partial charge on any atom is -0.351 e. The third-order valence-corrected chi connectivity index (χ3v) is 4.08. The van der Waals surface area contributed by atoms with Crippen LogP contribution in [-0.2, 0) is 0 Å². The number of hydrogen-bond acceptors (Lipinski definition) is 4. The molecule has 0 atom stereocenters. The van der Waals surface area contributed by atoms with E-state index in [0.717, 1.165) is 31.4 Å². The maximum Gasteiger partial charge on any atom is 0.225 e. The summed E-state index contributed by atoms with van der Waals surface area (Å²) in [5.74, 6) is 1.37. The van der Waals surface area contributed by atoms with E-state index in [-0.39, 0.29) is 5.82 Å². The summed E-state index contributed by atoms with van der Waals surface area (Å²) in [5.41, 5.74) is 1.34. The van der Waals surface area contributed by atoms with Gasteiger partial charge in [0, 0.05) is 23.0 Å². The minimum absolute atomic E-state index is 0.324. The van der Waals surface area contributed by atoms with Gasteiger partial charge in [-0.3, -0.25) is 0 Å². The van der Waals surface area contributed by atoms with Crippen molar-refractivity contribution < 1.29 is 4.39 Å². The highest BCUT2D eigenvalue weighted by Gasteiger charge is 2.28. The first kappa shape index (κ1) is 13.8. The highest BCUT2D eigenvalue weighted by Crippen LogP contribution is 2.40. The lowest BCUT2D eigenvalue weighted by molar-refractivity contribution is 0.632. The smallest absolute Gasteiger partial charge is 0.225 e. The summed E-state index contributed by atoms with van der Waals surface area (Å²) in [6, 6.07) is 6.81. The number of benzene rings is 1. The minimum atomic E-state index is -0.354. The molecule has 0 spiro atoms. The molecule has 4 nitrogen and oxygen atoms in total. The van der Waals surface area contributed by atoms with Gasteiger partial charge in [-0.15, -0.1) is 0 Å². The van der Waals surface area contributed by atoms with Crippen molar-refractivity contribution >= 4 is 29.1 Å². The number of nitrogens with one attached hydrogen (secondary N) is 2. The van der Waals surface area contributed by atoms with Gasteiger partial charge >= 0.3 is 0 Å². The molecule has 2 aliphatic carbocycles. The second-order valence-electron chi connectivity index (χ2n) is 5.94. The molecule has 0 bridgehead atoms. The van der Waals surface area contributed by atoms with Crippen LogP contribution in [0, 0.1) is 5.82 Å². The van der Waals surface area contributed by atoms with Crippen molar-refractivity contribution in [1.29, 1.82) is 0 Å². The fourth-order valence-corrected chi connectivity index (χ4v) is 2.50. The van der Waals surface area contributed by atoms with Crippen molar-refractivity contribution in [3.8, 4) is 0 Å². The summed E-state index contributed by atoms with van der Waals surface area (Å²) in [6.07, 6.45) is 4.63. The highest BCUT2D eigenvalue weighted by molar-refractivity contribution is 6.30. The Labute approximate surface area is 133 Å². The molecule has 1 aromatic carbocycles. The summed E-state index contributed by atoms with van der Waals surface area (Å²) in [4.78, 5) is 9.02. The molecule has 0 radical (unpaired) electrons. The van der Waals surface area contributed by atoms with Crippen LogP contribution >= 0.6 is 11.6 Å². The topological polar surface area (TPSA) is 49.8 Å². The molecule has 2 fully saturated rings. The molecule has 22 heavy (non-hydrogen) atoms. The molecule has 0 amide bonds. The maximum absolute atomic E-state index is 13.9. The molecule has 2 saturated carbocycles. The van der Waals surface area contributed by atoms with Gasteiger partial charge in [-0.25, -0.2) is 9.37 Å². The van der Waals surface area contributed by atoms with Crippen LogP contribution in [0.1, 0.15) is 37.3 Å². The summed E-state index contributed by atoms with van der Waals surface area (Å²) in [5, 5.41) is 6.81. The monoisotopic (exact) mass is 318 g/mol. The summed E-state index contributed by atoms with van der Waals surface area (Å²) < 4.78 is 13.9. The summed E-state index contributed by atoms with van der Waals surface area (Å²) in [6.45, 7) is 0. The molecule has 6 heteroatoms. The van der Waals surface area contributed by atoms with Crippen molar-refractivity contribution in [2.45, 2.75) is 37.6 Å². The van der Waals surface area contributed by atoms with Gasteiger partial charge in [0.25, 0.3) is 0 Å². The molecular formula is C16H16ClFN4. The lowest BCUT2D eigenvalue weighted by Gasteiger charge is -2.11. The highest BCUT2D eigenvalue weighted by atomic mass is 35.5. The van der Waals surface area contributed by atoms with Gasteiger partial charge < -0.3 is 10.6 Å². The number of anilines is 3. The van der Waals surface area contributed by atoms with E-state index in [1.54, 1.807) is 6.07 Å². The molecule has 4 rings (SSSR count). The van der Waals surface area contributed by atoms with E-state index in [4.69, 9.17) is 11.6 Å². The predicted molar refractivity (Wildman–Crippen MR) is 85.3 cm³/mol. The number of nitrogens with zero attached hydrogens (tertiary/aromatic N) is 2. The van der Waals surface area contributed by atoms with Crippen LogP contribution < -0.4 is 10.6 Å². The SMILES string of the molecule is Fc1ccc(Cl)cc1Nc1cc(C2CC2)nc(NC2CC2)n1. The molecule has 0 unspecified atom stereocenters. The number of halogens is 2. The van der Waals surface area contributed by atoms with E-state index < -0.39 is 0 Å². The molecule has 2 aromatic rings. The number of hydrogen-bond donors (Lipinski definition) is 2. The van der Waals surface area contributed by atoms with E-state index in [1.165, 1.54) is 12.1 Å². The zero-order valence-electron chi connectivity index (χ0n) is 11.9. The fourth-order valence-electron chi connectivity index (χ4n) is 2.32. The second kappa shape index (κ2) is 5.39. The quantitative estimate of drug-likeness (QED) is 0.854. The van der Waals surface area contributed by atoms with Crippen molar-refractivity contribution in [1.82, 2.24) is 9.97 Å².